The molecule has 0 aromatic rings. The molecule has 1 aliphatic heterocycles. The molecule has 1 aliphatic rings. The molecule has 0 bridgehead atoms. The molecule has 2 amide bonds. The lowest BCUT2D eigenvalue weighted by Gasteiger charge is -1.92. The van der Waals surface area contributed by atoms with Gasteiger partial charge in [0.05, 0.1) is 6.54 Å². The van der Waals surface area contributed by atoms with E-state index in [1.165, 1.54) is 0 Å². The number of hydrogen-bond donors (Lipinski definition) is 2. The van der Waals surface area contributed by atoms with E-state index in [1.807, 2.05) is 0 Å². The zero-order chi connectivity index (χ0) is 9.68. The lowest BCUT2D eigenvalue weighted by molar-refractivity contribution is -0.135. The number of amides is 2. The zero-order valence-electron chi connectivity index (χ0n) is 7.18. The van der Waals surface area contributed by atoms with Gasteiger partial charge in [0.25, 0.3) is 0 Å². The maximum Gasteiger partial charge on any atom is 0.316 e. The molecule has 68 valence electrons. The van der Waals surface area contributed by atoms with E-state index in [2.05, 4.69) is 27.5 Å². The van der Waals surface area contributed by atoms with E-state index in [-0.39, 0.29) is 5.96 Å². The summed E-state index contributed by atoms with van der Waals surface area (Å²) < 4.78 is 0. The standard InChI is InChI=1S/C8H9N3O2/c1-2-3-4-5-9-8-10-6(12)7(13)11-8/h4-5H2,1H3,(H2,9,10,11,12,13). The second-order valence-electron chi connectivity index (χ2n) is 2.32. The fraction of sp³-hybridized carbons (Fsp3) is 0.375. The Labute approximate surface area is 75.6 Å². The van der Waals surface area contributed by atoms with Gasteiger partial charge in [0, 0.05) is 6.42 Å². The van der Waals surface area contributed by atoms with Gasteiger partial charge in [0.15, 0.2) is 0 Å². The summed E-state index contributed by atoms with van der Waals surface area (Å²) in [5.74, 6) is 4.41. The predicted molar refractivity (Wildman–Crippen MR) is 46.7 cm³/mol. The molecular formula is C8H9N3O2. The van der Waals surface area contributed by atoms with Gasteiger partial charge in [-0.2, -0.15) is 0 Å². The highest BCUT2D eigenvalue weighted by Gasteiger charge is 2.24. The van der Waals surface area contributed by atoms with Crippen LogP contribution in [0.4, 0.5) is 0 Å². The third-order valence-electron chi connectivity index (χ3n) is 1.35. The molecule has 1 rings (SSSR count). The summed E-state index contributed by atoms with van der Waals surface area (Å²) in [4.78, 5) is 25.2. The second kappa shape index (κ2) is 4.26. The third kappa shape index (κ3) is 2.60. The van der Waals surface area contributed by atoms with E-state index in [1.54, 1.807) is 6.92 Å². The fourth-order valence-corrected chi connectivity index (χ4v) is 0.788. The van der Waals surface area contributed by atoms with Crippen molar-refractivity contribution in [3.05, 3.63) is 0 Å². The molecule has 0 unspecified atom stereocenters. The number of nitrogens with zero attached hydrogens (tertiary/aromatic N) is 1. The van der Waals surface area contributed by atoms with Gasteiger partial charge in [-0.15, -0.1) is 11.8 Å². The summed E-state index contributed by atoms with van der Waals surface area (Å²) in [6.07, 6.45) is 0.617. The topological polar surface area (TPSA) is 70.6 Å². The Balaban J connectivity index is 2.40. The van der Waals surface area contributed by atoms with Gasteiger partial charge < -0.3 is 0 Å². The van der Waals surface area contributed by atoms with Crippen molar-refractivity contribution in [3.8, 4) is 11.8 Å². The molecular weight excluding hydrogens is 170 g/mol. The molecule has 5 nitrogen and oxygen atoms in total. The van der Waals surface area contributed by atoms with Crippen molar-refractivity contribution in [2.45, 2.75) is 13.3 Å². The van der Waals surface area contributed by atoms with Crippen LogP contribution in [0, 0.1) is 11.8 Å². The molecule has 0 aliphatic carbocycles. The van der Waals surface area contributed by atoms with E-state index < -0.39 is 11.8 Å². The van der Waals surface area contributed by atoms with Crippen LogP contribution in [0.15, 0.2) is 4.99 Å². The van der Waals surface area contributed by atoms with Crippen molar-refractivity contribution >= 4 is 17.8 Å². The first-order chi connectivity index (χ1) is 6.24. The fourth-order valence-electron chi connectivity index (χ4n) is 0.788. The Bertz CT molecular complexity index is 304. The Hall–Kier alpha value is -1.83. The number of nitrogens with one attached hydrogen (secondary N) is 2. The van der Waals surface area contributed by atoms with Crippen LogP contribution in [0.5, 0.6) is 0 Å². The van der Waals surface area contributed by atoms with E-state index >= 15 is 0 Å². The average Bonchev–Trinajstić information content (AvgIpc) is 2.41. The van der Waals surface area contributed by atoms with Crippen LogP contribution in [0.3, 0.4) is 0 Å². The van der Waals surface area contributed by atoms with Crippen molar-refractivity contribution < 1.29 is 9.59 Å². The molecule has 2 N–H and O–H groups in total. The smallest absolute Gasteiger partial charge is 0.288 e. The van der Waals surface area contributed by atoms with Crippen LogP contribution < -0.4 is 10.6 Å². The molecule has 1 heterocycles. The van der Waals surface area contributed by atoms with Gasteiger partial charge in [-0.25, -0.2) is 0 Å². The minimum Gasteiger partial charge on any atom is -0.288 e. The van der Waals surface area contributed by atoms with E-state index in [4.69, 9.17) is 0 Å². The number of hydrogen-bond acceptors (Lipinski definition) is 3. The molecule has 0 atom stereocenters. The largest absolute Gasteiger partial charge is 0.316 e. The van der Waals surface area contributed by atoms with Crippen molar-refractivity contribution in [1.82, 2.24) is 10.6 Å². The van der Waals surface area contributed by atoms with Gasteiger partial charge in [0.2, 0.25) is 5.96 Å². The van der Waals surface area contributed by atoms with E-state index in [0.29, 0.717) is 13.0 Å². The Kier molecular flexibility index (Phi) is 3.03. The molecule has 0 aromatic carbocycles. The monoisotopic (exact) mass is 179 g/mol. The van der Waals surface area contributed by atoms with Gasteiger partial charge in [0.1, 0.15) is 0 Å². The normalized spacial score (nSPS) is 14.4. The van der Waals surface area contributed by atoms with Gasteiger partial charge in [-0.05, 0) is 6.92 Å². The second-order valence-corrected chi connectivity index (χ2v) is 2.32. The number of guanidine groups is 1. The van der Waals surface area contributed by atoms with Crippen LogP contribution in [0.2, 0.25) is 0 Å². The molecule has 5 heteroatoms. The molecule has 0 saturated carbocycles. The zero-order valence-corrected chi connectivity index (χ0v) is 7.18. The highest BCUT2D eigenvalue weighted by atomic mass is 16.2. The Morgan fingerprint density at radius 3 is 2.46 bits per heavy atom. The van der Waals surface area contributed by atoms with Crippen LogP contribution in [-0.2, 0) is 9.59 Å². The number of carbonyl (C=O) groups is 2. The van der Waals surface area contributed by atoms with Gasteiger partial charge in [-0.3, -0.25) is 25.2 Å². The lowest BCUT2D eigenvalue weighted by atomic mass is 10.4. The molecule has 0 spiro atoms. The number of aliphatic imine (C=N–C) groups is 1. The SMILES string of the molecule is CC#CCCN=C1NC(=O)C(=O)N1. The summed E-state index contributed by atoms with van der Waals surface area (Å²) >= 11 is 0. The van der Waals surface area contributed by atoms with Gasteiger partial charge in [-0.1, -0.05) is 0 Å². The maximum absolute atomic E-state index is 10.6. The van der Waals surface area contributed by atoms with Gasteiger partial charge >= 0.3 is 11.8 Å². The minimum absolute atomic E-state index is 0.216. The molecule has 13 heavy (non-hydrogen) atoms. The summed E-state index contributed by atoms with van der Waals surface area (Å²) in [6.45, 7) is 2.21. The van der Waals surface area contributed by atoms with Crippen molar-refractivity contribution in [3.63, 3.8) is 0 Å². The maximum atomic E-state index is 10.6. The summed E-state index contributed by atoms with van der Waals surface area (Å²) in [5.41, 5.74) is 0. The Morgan fingerprint density at radius 1 is 1.31 bits per heavy atom. The average molecular weight is 179 g/mol. The van der Waals surface area contributed by atoms with Crippen LogP contribution in [0.1, 0.15) is 13.3 Å². The summed E-state index contributed by atoms with van der Waals surface area (Å²) in [5, 5.41) is 4.57. The minimum atomic E-state index is -0.666. The van der Waals surface area contributed by atoms with E-state index in [0.717, 1.165) is 0 Å². The number of rotatable bonds is 2. The quantitative estimate of drug-likeness (QED) is 0.324. The third-order valence-corrected chi connectivity index (χ3v) is 1.35. The Morgan fingerprint density at radius 2 is 1.92 bits per heavy atom. The van der Waals surface area contributed by atoms with Crippen LogP contribution >= 0.6 is 0 Å². The summed E-state index contributed by atoms with van der Waals surface area (Å²) in [6, 6.07) is 0. The lowest BCUT2D eigenvalue weighted by Crippen LogP contribution is -2.25. The van der Waals surface area contributed by atoms with Crippen molar-refractivity contribution in [2.24, 2.45) is 4.99 Å². The highest BCUT2D eigenvalue weighted by molar-refractivity contribution is 6.45. The molecule has 0 radical (unpaired) electrons. The van der Waals surface area contributed by atoms with E-state index in [9.17, 15) is 9.59 Å². The molecule has 1 fully saturated rings. The van der Waals surface area contributed by atoms with Crippen molar-refractivity contribution in [2.75, 3.05) is 6.54 Å². The predicted octanol–water partition coefficient (Wildman–Crippen LogP) is -0.998. The first-order valence-corrected chi connectivity index (χ1v) is 3.80. The highest BCUT2D eigenvalue weighted by Crippen LogP contribution is 1.84. The summed E-state index contributed by atoms with van der Waals surface area (Å²) in [7, 11) is 0. The first-order valence-electron chi connectivity index (χ1n) is 3.80. The number of carbonyl (C=O) groups excluding carboxylic acids is 2. The molecule has 0 aromatic heterocycles. The van der Waals surface area contributed by atoms with Crippen LogP contribution in [0.25, 0.3) is 0 Å². The first kappa shape index (κ1) is 9.26. The van der Waals surface area contributed by atoms with Crippen LogP contribution in [-0.4, -0.2) is 24.3 Å². The molecule has 1 saturated heterocycles. The van der Waals surface area contributed by atoms with Crippen molar-refractivity contribution in [1.29, 1.82) is 0 Å².